The van der Waals surface area contributed by atoms with E-state index in [4.69, 9.17) is 0 Å². The number of nitrogens with one attached hydrogen (secondary N) is 1. The van der Waals surface area contributed by atoms with E-state index in [0.717, 1.165) is 0 Å². The highest BCUT2D eigenvalue weighted by Gasteiger charge is 2.40. The molecule has 1 heterocycles. The molecule has 0 saturated heterocycles. The third-order valence-corrected chi connectivity index (χ3v) is 7.04. The zero-order chi connectivity index (χ0) is 12.8. The lowest BCUT2D eigenvalue weighted by Gasteiger charge is -2.20. The van der Waals surface area contributed by atoms with Crippen LogP contribution in [0.5, 0.6) is 0 Å². The van der Waals surface area contributed by atoms with Crippen LogP contribution >= 0.6 is 0 Å². The van der Waals surface area contributed by atoms with Crippen LogP contribution in [0.2, 0.25) is 0 Å². The summed E-state index contributed by atoms with van der Waals surface area (Å²) >= 11 is 0. The molecule has 0 amide bonds. The van der Waals surface area contributed by atoms with Crippen LogP contribution in [-0.4, -0.2) is 27.6 Å². The van der Waals surface area contributed by atoms with E-state index in [1.165, 1.54) is 13.0 Å². The van der Waals surface area contributed by atoms with Crippen molar-refractivity contribution >= 4 is 19.9 Å². The molecule has 0 aliphatic carbocycles. The lowest BCUT2D eigenvalue weighted by Crippen LogP contribution is -2.42. The Morgan fingerprint density at radius 3 is 2.19 bits per heavy atom. The first-order valence-electron chi connectivity index (χ1n) is 4.95. The average Bonchev–Trinajstić information content (AvgIpc) is 2.22. The highest BCUT2D eigenvalue weighted by atomic mass is 32.3. The van der Waals surface area contributed by atoms with Gasteiger partial charge in [0, 0.05) is 5.54 Å². The summed E-state index contributed by atoms with van der Waals surface area (Å²) in [4.78, 5) is 0. The number of sulfone groups is 1. The van der Waals surface area contributed by atoms with Crippen molar-refractivity contribution in [2.75, 3.05) is 0 Å². The Bertz CT molecular complexity index is 508. The molecule has 1 N–H and O–H groups in total. The average molecular weight is 267 g/mol. The van der Waals surface area contributed by atoms with Crippen molar-refractivity contribution < 1.29 is 16.8 Å². The molecule has 0 aromatic rings. The van der Waals surface area contributed by atoms with Gasteiger partial charge in [0.1, 0.15) is 0 Å². The van der Waals surface area contributed by atoms with E-state index in [0.29, 0.717) is 0 Å². The first kappa shape index (κ1) is 13.7. The summed E-state index contributed by atoms with van der Waals surface area (Å²) in [5, 5.41) is -0.654. The summed E-state index contributed by atoms with van der Waals surface area (Å²) in [6.07, 6.45) is 1.52. The molecule has 0 fully saturated rings. The fraction of sp³-hybridized carbons (Fsp3) is 0.778. The maximum Gasteiger partial charge on any atom is 0.251 e. The molecule has 0 aromatic heterocycles. The summed E-state index contributed by atoms with van der Waals surface area (Å²) < 4.78 is 49.0. The van der Waals surface area contributed by atoms with Crippen molar-refractivity contribution in [1.82, 2.24) is 4.72 Å². The Kier molecular flexibility index (Phi) is 3.26. The van der Waals surface area contributed by atoms with Crippen LogP contribution in [-0.2, 0) is 19.9 Å². The molecule has 7 heteroatoms. The summed E-state index contributed by atoms with van der Waals surface area (Å²) in [6.45, 7) is 6.49. The van der Waals surface area contributed by atoms with Crippen molar-refractivity contribution in [2.45, 2.75) is 44.9 Å². The maximum absolute atomic E-state index is 11.9. The lowest BCUT2D eigenvalue weighted by atomic mass is 10.1. The van der Waals surface area contributed by atoms with Crippen molar-refractivity contribution in [3.63, 3.8) is 0 Å². The summed E-state index contributed by atoms with van der Waals surface area (Å²) in [6, 6.07) is 0. The highest BCUT2D eigenvalue weighted by molar-refractivity contribution is 8.14. The first-order chi connectivity index (χ1) is 6.97. The molecule has 0 spiro atoms. The zero-order valence-electron chi connectivity index (χ0n) is 9.81. The molecule has 0 bridgehead atoms. The van der Waals surface area contributed by atoms with E-state index in [-0.39, 0.29) is 6.42 Å². The topological polar surface area (TPSA) is 80.3 Å². The highest BCUT2D eigenvalue weighted by Crippen LogP contribution is 2.29. The van der Waals surface area contributed by atoms with Gasteiger partial charge in [-0.1, -0.05) is 6.08 Å². The molecule has 0 aromatic carbocycles. The molecule has 5 nitrogen and oxygen atoms in total. The van der Waals surface area contributed by atoms with Gasteiger partial charge < -0.3 is 0 Å². The minimum absolute atomic E-state index is 0.253. The molecule has 94 valence electrons. The second kappa shape index (κ2) is 3.82. The van der Waals surface area contributed by atoms with Crippen molar-refractivity contribution in [1.29, 1.82) is 0 Å². The largest absolute Gasteiger partial charge is 0.251 e. The van der Waals surface area contributed by atoms with Crippen LogP contribution in [0, 0.1) is 0 Å². The zero-order valence-corrected chi connectivity index (χ0v) is 11.4. The maximum atomic E-state index is 11.9. The number of hydrogen-bond acceptors (Lipinski definition) is 4. The van der Waals surface area contributed by atoms with Crippen LogP contribution in [0.3, 0.4) is 0 Å². The van der Waals surface area contributed by atoms with Gasteiger partial charge in [0.15, 0.2) is 14.1 Å². The molecule has 1 aliphatic heterocycles. The SMILES string of the molecule is CC1CC=C(S(=O)(=O)NC(C)(C)C)S1(=O)=O. The van der Waals surface area contributed by atoms with Gasteiger partial charge in [0.2, 0.25) is 0 Å². The van der Waals surface area contributed by atoms with Gasteiger partial charge in [-0.3, -0.25) is 0 Å². The Labute approximate surface area is 96.9 Å². The third kappa shape index (κ3) is 2.64. The van der Waals surface area contributed by atoms with Gasteiger partial charge >= 0.3 is 0 Å². The van der Waals surface area contributed by atoms with Crippen LogP contribution in [0.1, 0.15) is 34.1 Å². The molecule has 1 rings (SSSR count). The summed E-state index contributed by atoms with van der Waals surface area (Å²) in [5.74, 6) is 0. The normalized spacial score (nSPS) is 25.5. The minimum Gasteiger partial charge on any atom is -0.223 e. The number of hydrogen-bond donors (Lipinski definition) is 1. The Morgan fingerprint density at radius 2 is 1.88 bits per heavy atom. The predicted octanol–water partition coefficient (Wildman–Crippen LogP) is 0.753. The molecular formula is C9H17NO4S2. The second-order valence-electron chi connectivity index (χ2n) is 4.97. The van der Waals surface area contributed by atoms with Gasteiger partial charge in [0.05, 0.1) is 5.25 Å². The van der Waals surface area contributed by atoms with Gasteiger partial charge in [-0.25, -0.2) is 21.6 Å². The third-order valence-electron chi connectivity index (χ3n) is 2.13. The number of sulfonamides is 1. The van der Waals surface area contributed by atoms with Crippen LogP contribution in [0.25, 0.3) is 0 Å². The van der Waals surface area contributed by atoms with Gasteiger partial charge in [-0.05, 0) is 34.1 Å². The molecule has 1 aliphatic rings. The smallest absolute Gasteiger partial charge is 0.223 e. The standard InChI is InChI=1S/C9H17NO4S2/c1-7-5-6-8(15(7,11)12)16(13,14)10-9(2,3)4/h6-7,10H,5H2,1-4H3. The Morgan fingerprint density at radius 1 is 1.38 bits per heavy atom. The van der Waals surface area contributed by atoms with Crippen LogP contribution in [0.15, 0.2) is 10.3 Å². The lowest BCUT2D eigenvalue weighted by molar-refractivity contribution is 0.496. The van der Waals surface area contributed by atoms with Gasteiger partial charge in [0.25, 0.3) is 10.0 Å². The molecule has 16 heavy (non-hydrogen) atoms. The fourth-order valence-electron chi connectivity index (χ4n) is 1.42. The van der Waals surface area contributed by atoms with Crippen molar-refractivity contribution in [3.05, 3.63) is 10.3 Å². The minimum atomic E-state index is -3.94. The molecule has 1 atom stereocenters. The Balaban J connectivity index is 3.14. The molecule has 0 saturated carbocycles. The van der Waals surface area contributed by atoms with Gasteiger partial charge in [-0.15, -0.1) is 0 Å². The molecule has 1 unspecified atom stereocenters. The van der Waals surface area contributed by atoms with E-state index in [9.17, 15) is 16.8 Å². The summed E-state index contributed by atoms with van der Waals surface area (Å²) in [7, 11) is -7.62. The van der Waals surface area contributed by atoms with E-state index in [1.807, 2.05) is 0 Å². The van der Waals surface area contributed by atoms with E-state index < -0.39 is 34.9 Å². The van der Waals surface area contributed by atoms with Crippen molar-refractivity contribution in [3.8, 4) is 0 Å². The summed E-state index contributed by atoms with van der Waals surface area (Å²) in [5.41, 5.74) is -0.693. The van der Waals surface area contributed by atoms with Crippen LogP contribution in [0.4, 0.5) is 0 Å². The monoisotopic (exact) mass is 267 g/mol. The number of allylic oxidation sites excluding steroid dienone is 1. The fourth-order valence-corrected chi connectivity index (χ4v) is 5.56. The van der Waals surface area contributed by atoms with Crippen LogP contribution < -0.4 is 4.72 Å². The Hall–Kier alpha value is -0.400. The number of rotatable bonds is 2. The molecular weight excluding hydrogens is 250 g/mol. The van der Waals surface area contributed by atoms with Crippen molar-refractivity contribution in [2.24, 2.45) is 0 Å². The first-order valence-corrected chi connectivity index (χ1v) is 7.98. The van der Waals surface area contributed by atoms with E-state index in [1.54, 1.807) is 20.8 Å². The van der Waals surface area contributed by atoms with Gasteiger partial charge in [-0.2, -0.15) is 0 Å². The van der Waals surface area contributed by atoms with E-state index in [2.05, 4.69) is 4.72 Å². The quantitative estimate of drug-likeness (QED) is 0.800. The van der Waals surface area contributed by atoms with E-state index >= 15 is 0 Å². The second-order valence-corrected chi connectivity index (χ2v) is 9.21. The predicted molar refractivity (Wildman–Crippen MR) is 62.9 cm³/mol. The molecule has 0 radical (unpaired) electrons.